The molecule has 0 amide bonds. The molecule has 1 unspecified atom stereocenters. The standard InChI is InChI=1S/C12H21N3O2/c1-4-17-12(16)10(13)5-7-15-8-6-14-11(15)9(2)3/h6,8-10H,4-5,7,13H2,1-3H3. The molecule has 96 valence electrons. The third-order valence-corrected chi connectivity index (χ3v) is 2.53. The number of hydrogen-bond acceptors (Lipinski definition) is 4. The Balaban J connectivity index is 2.50. The summed E-state index contributed by atoms with van der Waals surface area (Å²) < 4.78 is 6.89. The maximum atomic E-state index is 11.3. The van der Waals surface area contributed by atoms with E-state index in [1.54, 1.807) is 13.1 Å². The number of imidazole rings is 1. The van der Waals surface area contributed by atoms with Crippen molar-refractivity contribution in [2.24, 2.45) is 5.73 Å². The maximum absolute atomic E-state index is 11.3. The van der Waals surface area contributed by atoms with Crippen molar-refractivity contribution in [1.82, 2.24) is 9.55 Å². The highest BCUT2D eigenvalue weighted by Gasteiger charge is 2.15. The molecule has 0 radical (unpaired) electrons. The highest BCUT2D eigenvalue weighted by Crippen LogP contribution is 2.12. The van der Waals surface area contributed by atoms with Gasteiger partial charge in [-0.25, -0.2) is 4.98 Å². The quantitative estimate of drug-likeness (QED) is 0.759. The van der Waals surface area contributed by atoms with Gasteiger partial charge in [0.25, 0.3) is 0 Å². The molecule has 1 rings (SSSR count). The third kappa shape index (κ3) is 3.85. The van der Waals surface area contributed by atoms with Crippen molar-refractivity contribution >= 4 is 5.97 Å². The van der Waals surface area contributed by atoms with Gasteiger partial charge in [-0.05, 0) is 13.3 Å². The fraction of sp³-hybridized carbons (Fsp3) is 0.667. The second kappa shape index (κ2) is 6.39. The third-order valence-electron chi connectivity index (χ3n) is 2.53. The first-order valence-electron chi connectivity index (χ1n) is 5.99. The normalized spacial score (nSPS) is 12.8. The minimum absolute atomic E-state index is 0.335. The number of nitrogens with two attached hydrogens (primary N) is 1. The monoisotopic (exact) mass is 239 g/mol. The van der Waals surface area contributed by atoms with Crippen LogP contribution in [0.3, 0.4) is 0 Å². The lowest BCUT2D eigenvalue weighted by Gasteiger charge is -2.13. The van der Waals surface area contributed by atoms with E-state index in [0.717, 1.165) is 5.82 Å². The van der Waals surface area contributed by atoms with E-state index in [0.29, 0.717) is 25.5 Å². The Morgan fingerprint density at radius 3 is 2.88 bits per heavy atom. The zero-order valence-electron chi connectivity index (χ0n) is 10.7. The van der Waals surface area contributed by atoms with Gasteiger partial charge >= 0.3 is 5.97 Å². The van der Waals surface area contributed by atoms with E-state index in [2.05, 4.69) is 18.8 Å². The van der Waals surface area contributed by atoms with Gasteiger partial charge in [-0.3, -0.25) is 4.79 Å². The molecule has 1 heterocycles. The van der Waals surface area contributed by atoms with Crippen molar-refractivity contribution in [1.29, 1.82) is 0 Å². The number of carbonyl (C=O) groups is 1. The lowest BCUT2D eigenvalue weighted by molar-refractivity contribution is -0.144. The zero-order chi connectivity index (χ0) is 12.8. The number of esters is 1. The number of carbonyl (C=O) groups excluding carboxylic acids is 1. The molecule has 0 aliphatic rings. The van der Waals surface area contributed by atoms with E-state index in [1.165, 1.54) is 0 Å². The molecule has 17 heavy (non-hydrogen) atoms. The average Bonchev–Trinajstić information content (AvgIpc) is 2.74. The summed E-state index contributed by atoms with van der Waals surface area (Å²) in [5.41, 5.74) is 5.74. The van der Waals surface area contributed by atoms with Crippen LogP contribution in [-0.4, -0.2) is 28.2 Å². The molecular weight excluding hydrogens is 218 g/mol. The molecule has 2 N–H and O–H groups in total. The zero-order valence-corrected chi connectivity index (χ0v) is 10.7. The predicted molar refractivity (Wildman–Crippen MR) is 65.5 cm³/mol. The fourth-order valence-electron chi connectivity index (χ4n) is 1.66. The van der Waals surface area contributed by atoms with Gasteiger partial charge in [0, 0.05) is 24.9 Å². The molecule has 1 aromatic rings. The molecule has 0 aliphatic carbocycles. The lowest BCUT2D eigenvalue weighted by atomic mass is 10.2. The number of ether oxygens (including phenoxy) is 1. The van der Waals surface area contributed by atoms with Crippen LogP contribution >= 0.6 is 0 Å². The van der Waals surface area contributed by atoms with Crippen molar-refractivity contribution < 1.29 is 9.53 Å². The van der Waals surface area contributed by atoms with Gasteiger partial charge < -0.3 is 15.0 Å². The van der Waals surface area contributed by atoms with Crippen LogP contribution in [0.15, 0.2) is 12.4 Å². The summed E-state index contributed by atoms with van der Waals surface area (Å²) in [6.45, 7) is 7.01. The van der Waals surface area contributed by atoms with Gasteiger partial charge in [-0.15, -0.1) is 0 Å². The molecule has 0 saturated heterocycles. The Hall–Kier alpha value is -1.36. The first kappa shape index (κ1) is 13.7. The summed E-state index contributed by atoms with van der Waals surface area (Å²) in [4.78, 5) is 15.6. The van der Waals surface area contributed by atoms with Crippen molar-refractivity contribution in [3.63, 3.8) is 0 Å². The largest absolute Gasteiger partial charge is 0.465 e. The summed E-state index contributed by atoms with van der Waals surface area (Å²) in [7, 11) is 0. The van der Waals surface area contributed by atoms with E-state index in [4.69, 9.17) is 10.5 Å². The smallest absolute Gasteiger partial charge is 0.322 e. The topological polar surface area (TPSA) is 70.1 Å². The number of aryl methyl sites for hydroxylation is 1. The minimum atomic E-state index is -0.558. The van der Waals surface area contributed by atoms with E-state index in [-0.39, 0.29) is 5.97 Å². The number of aromatic nitrogens is 2. The summed E-state index contributed by atoms with van der Waals surface area (Å²) in [6, 6.07) is -0.558. The Labute approximate surface area is 102 Å². The lowest BCUT2D eigenvalue weighted by Crippen LogP contribution is -2.33. The minimum Gasteiger partial charge on any atom is -0.465 e. The van der Waals surface area contributed by atoms with Gasteiger partial charge in [-0.1, -0.05) is 13.8 Å². The van der Waals surface area contributed by atoms with Gasteiger partial charge in [-0.2, -0.15) is 0 Å². The number of hydrogen-bond donors (Lipinski definition) is 1. The van der Waals surface area contributed by atoms with Crippen LogP contribution in [0.5, 0.6) is 0 Å². The molecular formula is C12H21N3O2. The Morgan fingerprint density at radius 2 is 2.29 bits per heavy atom. The van der Waals surface area contributed by atoms with Gasteiger partial charge in [0.1, 0.15) is 11.9 Å². The highest BCUT2D eigenvalue weighted by molar-refractivity contribution is 5.75. The number of rotatable bonds is 6. The number of nitrogens with zero attached hydrogens (tertiary/aromatic N) is 2. The first-order valence-corrected chi connectivity index (χ1v) is 5.99. The molecule has 1 aromatic heterocycles. The summed E-state index contributed by atoms with van der Waals surface area (Å²) in [5, 5.41) is 0. The molecule has 1 atom stereocenters. The molecule has 5 heteroatoms. The summed E-state index contributed by atoms with van der Waals surface area (Å²) in [5.74, 6) is 1.04. The van der Waals surface area contributed by atoms with E-state index >= 15 is 0 Å². The van der Waals surface area contributed by atoms with Crippen LogP contribution in [0.2, 0.25) is 0 Å². The molecule has 0 saturated carbocycles. The Morgan fingerprint density at radius 1 is 1.59 bits per heavy atom. The molecule has 0 fully saturated rings. The van der Waals surface area contributed by atoms with Crippen molar-refractivity contribution in [3.8, 4) is 0 Å². The van der Waals surface area contributed by atoms with Crippen molar-refractivity contribution in [2.75, 3.05) is 6.61 Å². The van der Waals surface area contributed by atoms with E-state index in [1.807, 2.05) is 10.8 Å². The van der Waals surface area contributed by atoms with Crippen LogP contribution in [0.4, 0.5) is 0 Å². The second-order valence-electron chi connectivity index (χ2n) is 4.28. The molecule has 5 nitrogen and oxygen atoms in total. The SMILES string of the molecule is CCOC(=O)C(N)CCn1ccnc1C(C)C. The molecule has 0 aliphatic heterocycles. The highest BCUT2D eigenvalue weighted by atomic mass is 16.5. The Kier molecular flexibility index (Phi) is 5.15. The first-order chi connectivity index (χ1) is 8.06. The van der Waals surface area contributed by atoms with E-state index in [9.17, 15) is 4.79 Å². The van der Waals surface area contributed by atoms with Crippen molar-refractivity contribution in [3.05, 3.63) is 18.2 Å². The molecule has 0 bridgehead atoms. The molecule has 0 spiro atoms. The van der Waals surface area contributed by atoms with Crippen LogP contribution in [0, 0.1) is 0 Å². The second-order valence-corrected chi connectivity index (χ2v) is 4.28. The summed E-state index contributed by atoms with van der Waals surface area (Å²) in [6.07, 6.45) is 4.24. The van der Waals surface area contributed by atoms with Crippen LogP contribution in [0.1, 0.15) is 38.9 Å². The van der Waals surface area contributed by atoms with Crippen LogP contribution < -0.4 is 5.73 Å². The van der Waals surface area contributed by atoms with Gasteiger partial charge in [0.2, 0.25) is 0 Å². The fourth-order valence-corrected chi connectivity index (χ4v) is 1.66. The predicted octanol–water partition coefficient (Wildman–Crippen LogP) is 1.29. The van der Waals surface area contributed by atoms with Crippen LogP contribution in [-0.2, 0) is 16.1 Å². The molecule has 0 aromatic carbocycles. The van der Waals surface area contributed by atoms with Crippen molar-refractivity contribution in [2.45, 2.75) is 45.7 Å². The average molecular weight is 239 g/mol. The Bertz CT molecular complexity index is 360. The van der Waals surface area contributed by atoms with Gasteiger partial charge in [0.15, 0.2) is 0 Å². The summed E-state index contributed by atoms with van der Waals surface area (Å²) >= 11 is 0. The maximum Gasteiger partial charge on any atom is 0.322 e. The van der Waals surface area contributed by atoms with Gasteiger partial charge in [0.05, 0.1) is 6.61 Å². The van der Waals surface area contributed by atoms with Crippen LogP contribution in [0.25, 0.3) is 0 Å². The van der Waals surface area contributed by atoms with E-state index < -0.39 is 6.04 Å².